The minimum atomic E-state index is -3.52. The molecular formula is C10H20ClNO3S. The molecule has 0 aromatic carbocycles. The molecule has 1 fully saturated rings. The van der Waals surface area contributed by atoms with Crippen molar-refractivity contribution in [2.75, 3.05) is 26.0 Å². The number of nitrogens with zero attached hydrogens (tertiary/aromatic N) is 1. The highest BCUT2D eigenvalue weighted by molar-refractivity contribution is 8.13. The molecule has 6 heteroatoms. The fourth-order valence-corrected chi connectivity index (χ4v) is 3.81. The van der Waals surface area contributed by atoms with Crippen LogP contribution in [-0.4, -0.2) is 50.9 Å². The van der Waals surface area contributed by atoms with E-state index in [0.29, 0.717) is 12.6 Å². The molecule has 0 bridgehead atoms. The first-order valence-electron chi connectivity index (χ1n) is 5.49. The lowest BCUT2D eigenvalue weighted by molar-refractivity contribution is -0.0550. The van der Waals surface area contributed by atoms with Gasteiger partial charge in [0.15, 0.2) is 0 Å². The van der Waals surface area contributed by atoms with Crippen LogP contribution >= 0.6 is 10.7 Å². The summed E-state index contributed by atoms with van der Waals surface area (Å²) in [6.45, 7) is 5.82. The molecule has 1 atom stereocenters. The van der Waals surface area contributed by atoms with Gasteiger partial charge < -0.3 is 4.74 Å². The maximum Gasteiger partial charge on any atom is 0.235 e. The van der Waals surface area contributed by atoms with Gasteiger partial charge in [0.25, 0.3) is 0 Å². The lowest BCUT2D eigenvalue weighted by Crippen LogP contribution is -2.54. The van der Waals surface area contributed by atoms with Crippen molar-refractivity contribution in [3.8, 4) is 0 Å². The van der Waals surface area contributed by atoms with E-state index in [2.05, 4.69) is 18.7 Å². The van der Waals surface area contributed by atoms with Gasteiger partial charge in [-0.2, -0.15) is 0 Å². The summed E-state index contributed by atoms with van der Waals surface area (Å²) in [6.07, 6.45) is 1.69. The first-order valence-corrected chi connectivity index (χ1v) is 7.97. The minimum absolute atomic E-state index is 0.110. The van der Waals surface area contributed by atoms with E-state index >= 15 is 0 Å². The summed E-state index contributed by atoms with van der Waals surface area (Å²) in [7, 11) is 3.37. The molecule has 0 amide bonds. The van der Waals surface area contributed by atoms with Gasteiger partial charge in [0.2, 0.25) is 9.05 Å². The van der Waals surface area contributed by atoms with Gasteiger partial charge in [-0.15, -0.1) is 0 Å². The van der Waals surface area contributed by atoms with E-state index in [9.17, 15) is 8.42 Å². The van der Waals surface area contributed by atoms with E-state index in [1.165, 1.54) is 0 Å². The molecule has 96 valence electrons. The molecule has 0 spiro atoms. The van der Waals surface area contributed by atoms with E-state index < -0.39 is 14.7 Å². The van der Waals surface area contributed by atoms with Crippen molar-refractivity contribution in [1.82, 2.24) is 4.90 Å². The van der Waals surface area contributed by atoms with Crippen LogP contribution in [0.3, 0.4) is 0 Å². The Morgan fingerprint density at radius 3 is 2.56 bits per heavy atom. The molecule has 1 saturated heterocycles. The van der Waals surface area contributed by atoms with Crippen molar-refractivity contribution in [3.63, 3.8) is 0 Å². The Balaban J connectivity index is 2.79. The number of hydrogen-bond donors (Lipinski definition) is 0. The summed E-state index contributed by atoms with van der Waals surface area (Å²) in [5.41, 5.74) is -0.636. The smallest absolute Gasteiger partial charge is 0.235 e. The molecular weight excluding hydrogens is 250 g/mol. The second-order valence-corrected chi connectivity index (χ2v) is 7.52. The summed E-state index contributed by atoms with van der Waals surface area (Å²) in [4.78, 5) is 2.23. The number of rotatable bonds is 4. The second-order valence-electron chi connectivity index (χ2n) is 4.74. The van der Waals surface area contributed by atoms with Gasteiger partial charge in [-0.05, 0) is 33.2 Å². The SMILES string of the molecule is COC1(CS(=O)(=O)Cl)CCCN(C(C)C)C1. The van der Waals surface area contributed by atoms with Gasteiger partial charge in [-0.3, -0.25) is 4.90 Å². The number of ether oxygens (including phenoxy) is 1. The first kappa shape index (κ1) is 14.2. The Labute approximate surface area is 102 Å². The molecule has 4 nitrogen and oxygen atoms in total. The molecule has 0 N–H and O–H groups in total. The third-order valence-electron chi connectivity index (χ3n) is 3.17. The summed E-state index contributed by atoms with van der Waals surface area (Å²) < 4.78 is 27.8. The zero-order valence-corrected chi connectivity index (χ0v) is 11.6. The predicted molar refractivity (Wildman–Crippen MR) is 65.3 cm³/mol. The van der Waals surface area contributed by atoms with Crippen LogP contribution in [0.25, 0.3) is 0 Å². The van der Waals surface area contributed by atoms with E-state index in [-0.39, 0.29) is 5.75 Å². The molecule has 1 aliphatic rings. The average molecular weight is 270 g/mol. The third kappa shape index (κ3) is 3.87. The number of methoxy groups -OCH3 is 1. The largest absolute Gasteiger partial charge is 0.376 e. The van der Waals surface area contributed by atoms with Crippen LogP contribution in [0.15, 0.2) is 0 Å². The van der Waals surface area contributed by atoms with Crippen LogP contribution in [-0.2, 0) is 13.8 Å². The maximum atomic E-state index is 11.2. The molecule has 0 radical (unpaired) electrons. The highest BCUT2D eigenvalue weighted by Gasteiger charge is 2.39. The van der Waals surface area contributed by atoms with Crippen LogP contribution in [0.5, 0.6) is 0 Å². The Morgan fingerprint density at radius 2 is 2.12 bits per heavy atom. The first-order chi connectivity index (χ1) is 7.28. The Hall–Kier alpha value is 0.160. The monoisotopic (exact) mass is 269 g/mol. The average Bonchev–Trinajstić information content (AvgIpc) is 2.15. The molecule has 0 aromatic heterocycles. The predicted octanol–water partition coefficient (Wildman–Crippen LogP) is 1.44. The normalized spacial score (nSPS) is 28.6. The molecule has 0 aromatic rings. The highest BCUT2D eigenvalue weighted by Crippen LogP contribution is 2.28. The van der Waals surface area contributed by atoms with Crippen LogP contribution in [0, 0.1) is 0 Å². The lowest BCUT2D eigenvalue weighted by atomic mass is 9.93. The summed E-state index contributed by atoms with van der Waals surface area (Å²) in [6, 6.07) is 0.396. The fourth-order valence-electron chi connectivity index (χ4n) is 2.23. The van der Waals surface area contributed by atoms with E-state index in [0.717, 1.165) is 19.4 Å². The van der Waals surface area contributed by atoms with Crippen LogP contribution in [0.1, 0.15) is 26.7 Å². The molecule has 1 aliphatic heterocycles. The summed E-state index contributed by atoms with van der Waals surface area (Å²) in [5.74, 6) is -0.110. The summed E-state index contributed by atoms with van der Waals surface area (Å²) in [5, 5.41) is 0. The highest BCUT2D eigenvalue weighted by atomic mass is 35.7. The zero-order valence-electron chi connectivity index (χ0n) is 10.1. The molecule has 1 rings (SSSR count). The van der Waals surface area contributed by atoms with Crippen molar-refractivity contribution in [1.29, 1.82) is 0 Å². The quantitative estimate of drug-likeness (QED) is 0.725. The van der Waals surface area contributed by atoms with Crippen molar-refractivity contribution in [2.45, 2.75) is 38.3 Å². The van der Waals surface area contributed by atoms with Crippen LogP contribution in [0.2, 0.25) is 0 Å². The van der Waals surface area contributed by atoms with Crippen molar-refractivity contribution < 1.29 is 13.2 Å². The fraction of sp³-hybridized carbons (Fsp3) is 1.00. The number of halogens is 1. The van der Waals surface area contributed by atoms with Gasteiger partial charge in [-0.25, -0.2) is 8.42 Å². The molecule has 16 heavy (non-hydrogen) atoms. The van der Waals surface area contributed by atoms with Gasteiger partial charge in [0.05, 0.1) is 11.4 Å². The van der Waals surface area contributed by atoms with Gasteiger partial charge in [0, 0.05) is 30.4 Å². The Kier molecular flexibility index (Phi) is 4.63. The summed E-state index contributed by atoms with van der Waals surface area (Å²) >= 11 is 0. The van der Waals surface area contributed by atoms with Crippen molar-refractivity contribution in [3.05, 3.63) is 0 Å². The van der Waals surface area contributed by atoms with E-state index in [1.807, 2.05) is 0 Å². The maximum absolute atomic E-state index is 11.2. The lowest BCUT2D eigenvalue weighted by Gasteiger charge is -2.42. The van der Waals surface area contributed by atoms with Gasteiger partial charge in [-0.1, -0.05) is 0 Å². The van der Waals surface area contributed by atoms with Gasteiger partial charge in [0.1, 0.15) is 0 Å². The topological polar surface area (TPSA) is 46.6 Å². The number of hydrogen-bond acceptors (Lipinski definition) is 4. The van der Waals surface area contributed by atoms with E-state index in [1.54, 1.807) is 7.11 Å². The second kappa shape index (κ2) is 5.21. The molecule has 1 unspecified atom stereocenters. The van der Waals surface area contributed by atoms with Crippen LogP contribution < -0.4 is 0 Å². The third-order valence-corrected chi connectivity index (χ3v) is 4.37. The van der Waals surface area contributed by atoms with Crippen molar-refractivity contribution >= 4 is 19.7 Å². The van der Waals surface area contributed by atoms with Crippen molar-refractivity contribution in [2.24, 2.45) is 0 Å². The van der Waals surface area contributed by atoms with Gasteiger partial charge >= 0.3 is 0 Å². The number of likely N-dealkylation sites (tertiary alicyclic amines) is 1. The standard InChI is InChI=1S/C10H20ClNO3S/c1-9(2)12-6-4-5-10(7-12,15-3)8-16(11,13)14/h9H,4-8H2,1-3H3. The minimum Gasteiger partial charge on any atom is -0.376 e. The zero-order chi connectivity index (χ0) is 12.4. The Bertz CT molecular complexity index is 331. The van der Waals surface area contributed by atoms with Crippen LogP contribution in [0.4, 0.5) is 0 Å². The van der Waals surface area contributed by atoms with E-state index in [4.69, 9.17) is 15.4 Å². The number of piperidine rings is 1. The Morgan fingerprint density at radius 1 is 1.50 bits per heavy atom. The molecule has 1 heterocycles. The molecule has 0 aliphatic carbocycles. The molecule has 0 saturated carbocycles.